The Morgan fingerprint density at radius 1 is 1.47 bits per heavy atom. The molecule has 0 aliphatic carbocycles. The van der Waals surface area contributed by atoms with Crippen molar-refractivity contribution in [2.75, 3.05) is 7.05 Å². The van der Waals surface area contributed by atoms with E-state index in [9.17, 15) is 4.39 Å². The second-order valence-electron chi connectivity index (χ2n) is 3.64. The SMILES string of the molecule is CNC(Cc1cc(F)cc(Br)c1)c1cnns1. The topological polar surface area (TPSA) is 37.8 Å². The smallest absolute Gasteiger partial charge is 0.124 e. The Balaban J connectivity index is 2.18. The fourth-order valence-corrected chi connectivity index (χ4v) is 2.76. The second kappa shape index (κ2) is 5.66. The third kappa shape index (κ3) is 3.31. The van der Waals surface area contributed by atoms with Gasteiger partial charge in [-0.3, -0.25) is 0 Å². The molecule has 1 aromatic carbocycles. The van der Waals surface area contributed by atoms with E-state index in [0.717, 1.165) is 14.9 Å². The molecule has 1 aromatic heterocycles. The maximum absolute atomic E-state index is 13.3. The van der Waals surface area contributed by atoms with Crippen molar-refractivity contribution in [3.8, 4) is 0 Å². The van der Waals surface area contributed by atoms with Crippen molar-refractivity contribution in [2.45, 2.75) is 12.5 Å². The van der Waals surface area contributed by atoms with E-state index < -0.39 is 0 Å². The zero-order valence-electron chi connectivity index (χ0n) is 9.15. The van der Waals surface area contributed by atoms with Gasteiger partial charge in [-0.25, -0.2) is 4.39 Å². The second-order valence-corrected chi connectivity index (χ2v) is 5.38. The molecule has 0 aliphatic rings. The molecule has 0 saturated heterocycles. The molecular formula is C11H11BrFN3S. The molecule has 0 saturated carbocycles. The van der Waals surface area contributed by atoms with Gasteiger partial charge in [0.15, 0.2) is 0 Å². The lowest BCUT2D eigenvalue weighted by molar-refractivity contribution is 0.590. The Kier molecular flexibility index (Phi) is 4.20. The molecule has 0 aliphatic heterocycles. The summed E-state index contributed by atoms with van der Waals surface area (Å²) in [6, 6.07) is 5.03. The van der Waals surface area contributed by atoms with E-state index >= 15 is 0 Å². The highest BCUT2D eigenvalue weighted by Crippen LogP contribution is 2.22. The van der Waals surface area contributed by atoms with Gasteiger partial charge in [-0.2, -0.15) is 0 Å². The summed E-state index contributed by atoms with van der Waals surface area (Å²) >= 11 is 4.65. The quantitative estimate of drug-likeness (QED) is 0.942. The highest BCUT2D eigenvalue weighted by atomic mass is 79.9. The fraction of sp³-hybridized carbons (Fsp3) is 0.273. The third-order valence-corrected chi connectivity index (χ3v) is 3.67. The lowest BCUT2D eigenvalue weighted by Crippen LogP contribution is -2.17. The summed E-state index contributed by atoms with van der Waals surface area (Å²) < 4.78 is 17.8. The van der Waals surface area contributed by atoms with Gasteiger partial charge in [-0.1, -0.05) is 20.4 Å². The molecule has 0 radical (unpaired) electrons. The first-order valence-corrected chi connectivity index (χ1v) is 6.65. The summed E-state index contributed by atoms with van der Waals surface area (Å²) in [6.07, 6.45) is 2.44. The fourth-order valence-electron chi connectivity index (χ4n) is 1.64. The monoisotopic (exact) mass is 315 g/mol. The van der Waals surface area contributed by atoms with Crippen molar-refractivity contribution >= 4 is 27.5 Å². The van der Waals surface area contributed by atoms with Gasteiger partial charge in [0.1, 0.15) is 5.82 Å². The van der Waals surface area contributed by atoms with Gasteiger partial charge < -0.3 is 5.32 Å². The van der Waals surface area contributed by atoms with Crippen molar-refractivity contribution in [1.82, 2.24) is 14.9 Å². The normalized spacial score (nSPS) is 12.6. The highest BCUT2D eigenvalue weighted by Gasteiger charge is 2.13. The first-order chi connectivity index (χ1) is 8.19. The number of hydrogen-bond donors (Lipinski definition) is 1. The number of likely N-dealkylation sites (N-methyl/N-ethyl adjacent to an activating group) is 1. The molecule has 3 nitrogen and oxygen atoms in total. The van der Waals surface area contributed by atoms with Crippen molar-refractivity contribution in [2.24, 2.45) is 0 Å². The van der Waals surface area contributed by atoms with Gasteiger partial charge in [0.2, 0.25) is 0 Å². The lowest BCUT2D eigenvalue weighted by atomic mass is 10.1. The number of hydrogen-bond acceptors (Lipinski definition) is 4. The summed E-state index contributed by atoms with van der Waals surface area (Å²) in [4.78, 5) is 1.05. The average Bonchev–Trinajstić information content (AvgIpc) is 2.77. The number of rotatable bonds is 4. The van der Waals surface area contributed by atoms with Crippen LogP contribution >= 0.6 is 27.5 Å². The summed E-state index contributed by atoms with van der Waals surface area (Å²) in [5.41, 5.74) is 0.935. The van der Waals surface area contributed by atoms with Gasteiger partial charge in [0.25, 0.3) is 0 Å². The zero-order valence-corrected chi connectivity index (χ0v) is 11.6. The molecule has 0 fully saturated rings. The van der Waals surface area contributed by atoms with Gasteiger partial charge in [-0.15, -0.1) is 5.10 Å². The van der Waals surface area contributed by atoms with Crippen LogP contribution in [0.2, 0.25) is 0 Å². The highest BCUT2D eigenvalue weighted by molar-refractivity contribution is 9.10. The predicted octanol–water partition coefficient (Wildman–Crippen LogP) is 2.94. The minimum absolute atomic E-state index is 0.115. The molecule has 1 heterocycles. The zero-order chi connectivity index (χ0) is 12.3. The maximum Gasteiger partial charge on any atom is 0.124 e. The Morgan fingerprint density at radius 3 is 2.88 bits per heavy atom. The lowest BCUT2D eigenvalue weighted by Gasteiger charge is -2.13. The summed E-state index contributed by atoms with van der Waals surface area (Å²) in [5, 5.41) is 7.00. The average molecular weight is 316 g/mol. The summed E-state index contributed by atoms with van der Waals surface area (Å²) in [6.45, 7) is 0. The van der Waals surface area contributed by atoms with E-state index in [2.05, 4.69) is 30.8 Å². The third-order valence-electron chi connectivity index (χ3n) is 2.43. The van der Waals surface area contributed by atoms with E-state index in [0.29, 0.717) is 6.42 Å². The molecule has 2 rings (SSSR count). The summed E-state index contributed by atoms with van der Waals surface area (Å²) in [7, 11) is 1.87. The number of benzene rings is 1. The van der Waals surface area contributed by atoms with Gasteiger partial charge in [-0.05, 0) is 48.8 Å². The van der Waals surface area contributed by atoms with Crippen LogP contribution in [-0.2, 0) is 6.42 Å². The van der Waals surface area contributed by atoms with Crippen molar-refractivity contribution < 1.29 is 4.39 Å². The number of nitrogens with one attached hydrogen (secondary N) is 1. The van der Waals surface area contributed by atoms with Crippen molar-refractivity contribution in [1.29, 1.82) is 0 Å². The van der Waals surface area contributed by atoms with E-state index in [1.807, 2.05) is 13.1 Å². The van der Waals surface area contributed by atoms with E-state index in [1.165, 1.54) is 17.6 Å². The molecule has 0 bridgehead atoms. The molecule has 17 heavy (non-hydrogen) atoms. The first kappa shape index (κ1) is 12.6. The van der Waals surface area contributed by atoms with E-state index in [1.54, 1.807) is 12.3 Å². The molecule has 6 heteroatoms. The molecule has 1 N–H and O–H groups in total. The molecule has 0 spiro atoms. The molecule has 90 valence electrons. The Bertz CT molecular complexity index is 469. The van der Waals surface area contributed by atoms with Gasteiger partial charge >= 0.3 is 0 Å². The van der Waals surface area contributed by atoms with Crippen LogP contribution in [0.3, 0.4) is 0 Å². The van der Waals surface area contributed by atoms with Crippen LogP contribution in [0.4, 0.5) is 4.39 Å². The molecule has 1 atom stereocenters. The van der Waals surface area contributed by atoms with Crippen LogP contribution < -0.4 is 5.32 Å². The van der Waals surface area contributed by atoms with Gasteiger partial charge in [0, 0.05) is 10.5 Å². The number of aromatic nitrogens is 2. The van der Waals surface area contributed by atoms with Crippen molar-refractivity contribution in [3.05, 3.63) is 45.1 Å². The number of halogens is 2. The largest absolute Gasteiger partial charge is 0.312 e. The molecular weight excluding hydrogens is 305 g/mol. The van der Waals surface area contributed by atoms with Gasteiger partial charge in [0.05, 0.1) is 11.1 Å². The van der Waals surface area contributed by atoms with Crippen LogP contribution in [0.15, 0.2) is 28.9 Å². The number of nitrogens with zero attached hydrogens (tertiary/aromatic N) is 2. The van der Waals surface area contributed by atoms with Crippen LogP contribution in [0.25, 0.3) is 0 Å². The summed E-state index contributed by atoms with van der Waals surface area (Å²) in [5.74, 6) is -0.230. The van der Waals surface area contributed by atoms with E-state index in [4.69, 9.17) is 0 Å². The predicted molar refractivity (Wildman–Crippen MR) is 69.5 cm³/mol. The Labute approximate surface area is 111 Å². The minimum atomic E-state index is -0.230. The molecule has 1 unspecified atom stereocenters. The minimum Gasteiger partial charge on any atom is -0.312 e. The van der Waals surface area contributed by atoms with Crippen molar-refractivity contribution in [3.63, 3.8) is 0 Å². The van der Waals surface area contributed by atoms with Crippen LogP contribution in [0.1, 0.15) is 16.5 Å². The van der Waals surface area contributed by atoms with E-state index in [-0.39, 0.29) is 11.9 Å². The standard InChI is InChI=1S/C11H11BrFN3S/c1-14-10(11-6-15-16-17-11)4-7-2-8(12)5-9(13)3-7/h2-3,5-6,10,14H,4H2,1H3. The first-order valence-electron chi connectivity index (χ1n) is 5.08. The van der Waals surface area contributed by atoms with Crippen LogP contribution in [0.5, 0.6) is 0 Å². The Morgan fingerprint density at radius 2 is 2.29 bits per heavy atom. The maximum atomic E-state index is 13.3. The molecule has 2 aromatic rings. The Hall–Kier alpha value is -0.850. The van der Waals surface area contributed by atoms with Crippen LogP contribution in [-0.4, -0.2) is 16.6 Å². The molecule has 0 amide bonds. The van der Waals surface area contributed by atoms with Crippen LogP contribution in [0, 0.1) is 5.82 Å².